The molecule has 0 aliphatic rings. The Morgan fingerprint density at radius 1 is 0.385 bits per heavy atom. The lowest BCUT2D eigenvalue weighted by Crippen LogP contribution is -1.96. The third-order valence-electron chi connectivity index (χ3n) is 7.10. The van der Waals surface area contributed by atoms with Crippen molar-refractivity contribution in [3.05, 3.63) is 144 Å². The molecule has 0 saturated heterocycles. The molecule has 6 aromatic carbocycles. The second-order valence-corrected chi connectivity index (χ2v) is 10.6. The van der Waals surface area contributed by atoms with Crippen LogP contribution in [0.15, 0.2) is 144 Å². The molecule has 0 atom stereocenters. The zero-order chi connectivity index (χ0) is 26.2. The predicted octanol–water partition coefficient (Wildman–Crippen LogP) is 10.2. The van der Waals surface area contributed by atoms with Crippen molar-refractivity contribution in [3.63, 3.8) is 0 Å². The zero-order valence-corrected chi connectivity index (χ0v) is 22.6. The van der Waals surface area contributed by atoms with Crippen LogP contribution in [0.1, 0.15) is 0 Å². The number of rotatable bonds is 4. The van der Waals surface area contributed by atoms with E-state index in [1.807, 2.05) is 36.4 Å². The lowest BCUT2D eigenvalue weighted by molar-refractivity contribution is 1.18. The van der Waals surface area contributed by atoms with Gasteiger partial charge in [0.05, 0.1) is 11.4 Å². The molecule has 0 N–H and O–H groups in total. The van der Waals surface area contributed by atoms with Crippen molar-refractivity contribution >= 4 is 37.5 Å². The lowest BCUT2D eigenvalue weighted by atomic mass is 9.96. The van der Waals surface area contributed by atoms with E-state index in [1.54, 1.807) is 0 Å². The molecule has 0 saturated carbocycles. The highest BCUT2D eigenvalue weighted by atomic mass is 79.9. The molecule has 0 aliphatic heterocycles. The van der Waals surface area contributed by atoms with E-state index >= 15 is 0 Å². The average Bonchev–Trinajstić information content (AvgIpc) is 3.01. The van der Waals surface area contributed by atoms with Crippen molar-refractivity contribution in [2.75, 3.05) is 0 Å². The number of nitrogens with zero attached hydrogens (tertiary/aromatic N) is 2. The molecular formula is C36H23BrN2. The number of hydrogen-bond donors (Lipinski definition) is 0. The van der Waals surface area contributed by atoms with Crippen LogP contribution in [0.3, 0.4) is 0 Å². The first-order valence-electron chi connectivity index (χ1n) is 12.9. The van der Waals surface area contributed by atoms with Gasteiger partial charge in [-0.1, -0.05) is 125 Å². The van der Waals surface area contributed by atoms with Gasteiger partial charge in [-0.2, -0.15) is 0 Å². The number of fused-ring (bicyclic) bond motifs is 3. The van der Waals surface area contributed by atoms with Crippen molar-refractivity contribution in [2.45, 2.75) is 0 Å². The van der Waals surface area contributed by atoms with Crippen LogP contribution in [-0.4, -0.2) is 9.97 Å². The van der Waals surface area contributed by atoms with E-state index in [1.165, 1.54) is 27.1 Å². The molecule has 1 heterocycles. The number of aromatic nitrogens is 2. The summed E-state index contributed by atoms with van der Waals surface area (Å²) in [6.45, 7) is 0. The van der Waals surface area contributed by atoms with Gasteiger partial charge in [-0.3, -0.25) is 0 Å². The van der Waals surface area contributed by atoms with E-state index in [0.29, 0.717) is 5.82 Å². The smallest absolute Gasteiger partial charge is 0.160 e. The third-order valence-corrected chi connectivity index (χ3v) is 7.56. The summed E-state index contributed by atoms with van der Waals surface area (Å²) in [7, 11) is 0. The Labute approximate surface area is 235 Å². The SMILES string of the molecule is Brc1cc(-c2ccc3ccc4ccccc4c3c2)cc(-c2cc(-c3ccccc3)nc(-c3ccccc3)n2)c1. The van der Waals surface area contributed by atoms with Gasteiger partial charge in [-0.05, 0) is 63.0 Å². The number of halogens is 1. The zero-order valence-electron chi connectivity index (χ0n) is 21.1. The Balaban J connectivity index is 1.40. The summed E-state index contributed by atoms with van der Waals surface area (Å²) in [5.74, 6) is 0.714. The number of benzene rings is 6. The molecule has 0 amide bonds. The van der Waals surface area contributed by atoms with E-state index in [9.17, 15) is 0 Å². The minimum Gasteiger partial charge on any atom is -0.228 e. The summed E-state index contributed by atoms with van der Waals surface area (Å²) in [6, 6.07) is 48.7. The minimum absolute atomic E-state index is 0.714. The minimum atomic E-state index is 0.714. The van der Waals surface area contributed by atoms with E-state index in [4.69, 9.17) is 9.97 Å². The summed E-state index contributed by atoms with van der Waals surface area (Å²) in [4.78, 5) is 9.98. The first-order chi connectivity index (χ1) is 19.2. The van der Waals surface area contributed by atoms with Crippen LogP contribution in [0, 0.1) is 0 Å². The van der Waals surface area contributed by atoms with Gasteiger partial charge in [0, 0.05) is 21.2 Å². The summed E-state index contributed by atoms with van der Waals surface area (Å²) >= 11 is 3.78. The predicted molar refractivity (Wildman–Crippen MR) is 166 cm³/mol. The third kappa shape index (κ3) is 4.62. The van der Waals surface area contributed by atoms with Gasteiger partial charge in [0.1, 0.15) is 0 Å². The van der Waals surface area contributed by atoms with Gasteiger partial charge >= 0.3 is 0 Å². The number of hydrogen-bond acceptors (Lipinski definition) is 2. The maximum atomic E-state index is 5.03. The highest BCUT2D eigenvalue weighted by Crippen LogP contribution is 2.35. The van der Waals surface area contributed by atoms with E-state index in [0.717, 1.165) is 38.1 Å². The van der Waals surface area contributed by atoms with E-state index in [2.05, 4.69) is 119 Å². The fourth-order valence-electron chi connectivity index (χ4n) is 5.15. The summed E-state index contributed by atoms with van der Waals surface area (Å²) in [5, 5.41) is 5.01. The first-order valence-corrected chi connectivity index (χ1v) is 13.7. The van der Waals surface area contributed by atoms with Gasteiger partial charge < -0.3 is 0 Å². The van der Waals surface area contributed by atoms with E-state index < -0.39 is 0 Å². The second kappa shape index (κ2) is 9.94. The summed E-state index contributed by atoms with van der Waals surface area (Å²) < 4.78 is 1.01. The molecule has 2 nitrogen and oxygen atoms in total. The fraction of sp³-hybridized carbons (Fsp3) is 0. The van der Waals surface area contributed by atoms with E-state index in [-0.39, 0.29) is 0 Å². The Morgan fingerprint density at radius 2 is 0.974 bits per heavy atom. The Morgan fingerprint density at radius 3 is 1.74 bits per heavy atom. The molecule has 39 heavy (non-hydrogen) atoms. The van der Waals surface area contributed by atoms with Gasteiger partial charge in [-0.25, -0.2) is 9.97 Å². The normalized spacial score (nSPS) is 11.2. The molecule has 7 rings (SSSR count). The topological polar surface area (TPSA) is 25.8 Å². The molecule has 0 radical (unpaired) electrons. The molecule has 7 aromatic rings. The van der Waals surface area contributed by atoms with Gasteiger partial charge in [0.15, 0.2) is 5.82 Å². The Hall–Kier alpha value is -4.60. The van der Waals surface area contributed by atoms with Crippen molar-refractivity contribution in [3.8, 4) is 45.0 Å². The van der Waals surface area contributed by atoms with Crippen molar-refractivity contribution in [1.29, 1.82) is 0 Å². The second-order valence-electron chi connectivity index (χ2n) is 9.65. The molecule has 1 aromatic heterocycles. The van der Waals surface area contributed by atoms with Crippen molar-refractivity contribution in [2.24, 2.45) is 0 Å². The largest absolute Gasteiger partial charge is 0.228 e. The maximum Gasteiger partial charge on any atom is 0.160 e. The average molecular weight is 563 g/mol. The van der Waals surface area contributed by atoms with Gasteiger partial charge in [0.2, 0.25) is 0 Å². The molecule has 0 unspecified atom stereocenters. The quantitative estimate of drug-likeness (QED) is 0.199. The van der Waals surface area contributed by atoms with Crippen LogP contribution < -0.4 is 0 Å². The molecular weight excluding hydrogens is 540 g/mol. The molecule has 184 valence electrons. The van der Waals surface area contributed by atoms with Crippen LogP contribution in [0.2, 0.25) is 0 Å². The molecule has 0 spiro atoms. The van der Waals surface area contributed by atoms with Crippen LogP contribution in [0.25, 0.3) is 66.6 Å². The molecule has 3 heteroatoms. The fourth-order valence-corrected chi connectivity index (χ4v) is 5.65. The van der Waals surface area contributed by atoms with Crippen LogP contribution in [0.5, 0.6) is 0 Å². The molecule has 0 aliphatic carbocycles. The van der Waals surface area contributed by atoms with Crippen molar-refractivity contribution < 1.29 is 0 Å². The van der Waals surface area contributed by atoms with Gasteiger partial charge in [0.25, 0.3) is 0 Å². The van der Waals surface area contributed by atoms with Crippen LogP contribution in [-0.2, 0) is 0 Å². The standard InChI is InChI=1S/C36H23BrN2/c37-31-20-29(28-18-17-25-16-15-24-9-7-8-14-32(24)33(25)22-28)19-30(21-31)35-23-34(26-10-3-1-4-11-26)38-36(39-35)27-12-5-2-6-13-27/h1-23H. The Kier molecular flexibility index (Phi) is 5.99. The highest BCUT2D eigenvalue weighted by molar-refractivity contribution is 9.10. The highest BCUT2D eigenvalue weighted by Gasteiger charge is 2.13. The first kappa shape index (κ1) is 23.5. The monoisotopic (exact) mass is 562 g/mol. The summed E-state index contributed by atoms with van der Waals surface area (Å²) in [6.07, 6.45) is 0. The van der Waals surface area contributed by atoms with Crippen LogP contribution >= 0.6 is 15.9 Å². The Bertz CT molecular complexity index is 1910. The lowest BCUT2D eigenvalue weighted by Gasteiger charge is -2.12. The molecule has 0 fully saturated rings. The van der Waals surface area contributed by atoms with Gasteiger partial charge in [-0.15, -0.1) is 0 Å². The summed E-state index contributed by atoms with van der Waals surface area (Å²) in [5.41, 5.74) is 7.18. The van der Waals surface area contributed by atoms with Crippen LogP contribution in [0.4, 0.5) is 0 Å². The van der Waals surface area contributed by atoms with Crippen molar-refractivity contribution in [1.82, 2.24) is 9.97 Å². The maximum absolute atomic E-state index is 5.03. The molecule has 0 bridgehead atoms.